The molecular weight excluding hydrogens is 278 g/mol. The summed E-state index contributed by atoms with van der Waals surface area (Å²) < 4.78 is 0. The highest BCUT2D eigenvalue weighted by Crippen LogP contribution is 2.54. The van der Waals surface area contributed by atoms with Crippen LogP contribution in [0.5, 0.6) is 0 Å². The van der Waals surface area contributed by atoms with Gasteiger partial charge in [-0.05, 0) is 49.3 Å². The van der Waals surface area contributed by atoms with Crippen LogP contribution in [0, 0.1) is 0 Å². The molecule has 1 heteroatoms. The highest BCUT2D eigenvalue weighted by atomic mass is 15.0. The van der Waals surface area contributed by atoms with E-state index in [2.05, 4.69) is 59.9 Å². The molecular formula is C22H23N. The Morgan fingerprint density at radius 2 is 1.61 bits per heavy atom. The lowest BCUT2D eigenvalue weighted by molar-refractivity contribution is 0.448. The molecule has 2 aromatic rings. The number of fused-ring (bicyclic) bond motifs is 3. The lowest BCUT2D eigenvalue weighted by atomic mass is 9.66. The monoisotopic (exact) mass is 301 g/mol. The summed E-state index contributed by atoms with van der Waals surface area (Å²) in [5.74, 6) is 1.20. The number of para-hydroxylation sites is 1. The molecule has 0 aromatic heterocycles. The van der Waals surface area contributed by atoms with Crippen LogP contribution in [0.1, 0.15) is 55.1 Å². The van der Waals surface area contributed by atoms with Crippen molar-refractivity contribution in [2.45, 2.75) is 50.0 Å². The Morgan fingerprint density at radius 3 is 2.52 bits per heavy atom. The minimum atomic E-state index is 0.534. The molecule has 0 bridgehead atoms. The molecule has 1 aliphatic heterocycles. The van der Waals surface area contributed by atoms with Crippen LogP contribution in [0.2, 0.25) is 0 Å². The standard InChI is InChI=1S/C22H23N/c1-2-8-15(9-3-1)21-17-11-5-4-10-16(17)14-19-18-12-6-7-13-20(18)23-22(19)21/h1-3,6-9,12-13,19,21-23H,4-5,10-11,14H2/t19-,21-,22+/m1/s1. The van der Waals surface area contributed by atoms with Crippen LogP contribution in [-0.2, 0) is 0 Å². The SMILES string of the molecule is c1ccc([C@@H]2C3=C(CCCC3)C[C@@H]3c4ccccc4N[C@@H]32)cc1. The van der Waals surface area contributed by atoms with Crippen molar-refractivity contribution in [1.29, 1.82) is 0 Å². The topological polar surface area (TPSA) is 12.0 Å². The Morgan fingerprint density at radius 1 is 0.826 bits per heavy atom. The summed E-state index contributed by atoms with van der Waals surface area (Å²) in [7, 11) is 0. The normalized spacial score (nSPS) is 28.6. The number of nitrogens with one attached hydrogen (secondary N) is 1. The Labute approximate surface area is 138 Å². The fourth-order valence-corrected chi connectivity index (χ4v) is 5.13. The van der Waals surface area contributed by atoms with Gasteiger partial charge in [-0.25, -0.2) is 0 Å². The fraction of sp³-hybridized carbons (Fsp3) is 0.364. The maximum absolute atomic E-state index is 3.88. The van der Waals surface area contributed by atoms with Gasteiger partial charge in [0.15, 0.2) is 0 Å². The molecule has 1 heterocycles. The van der Waals surface area contributed by atoms with Gasteiger partial charge in [-0.2, -0.15) is 0 Å². The van der Waals surface area contributed by atoms with Crippen LogP contribution < -0.4 is 5.32 Å². The van der Waals surface area contributed by atoms with Crippen molar-refractivity contribution in [3.63, 3.8) is 0 Å². The zero-order chi connectivity index (χ0) is 15.2. The molecule has 0 spiro atoms. The summed E-state index contributed by atoms with van der Waals surface area (Å²) in [4.78, 5) is 0. The first-order valence-corrected chi connectivity index (χ1v) is 9.03. The predicted octanol–water partition coefficient (Wildman–Crippen LogP) is 5.62. The molecule has 2 aromatic carbocycles. The van der Waals surface area contributed by atoms with Crippen molar-refractivity contribution < 1.29 is 0 Å². The lowest BCUT2D eigenvalue weighted by Crippen LogP contribution is -2.35. The molecule has 0 saturated heterocycles. The summed E-state index contributed by atoms with van der Waals surface area (Å²) in [6.07, 6.45) is 6.65. The maximum Gasteiger partial charge on any atom is 0.0439 e. The number of hydrogen-bond donors (Lipinski definition) is 1. The van der Waals surface area contributed by atoms with E-state index >= 15 is 0 Å². The maximum atomic E-state index is 3.88. The van der Waals surface area contributed by atoms with Gasteiger partial charge in [-0.1, -0.05) is 59.7 Å². The number of benzene rings is 2. The van der Waals surface area contributed by atoms with E-state index < -0.39 is 0 Å². The molecule has 0 unspecified atom stereocenters. The first-order chi connectivity index (χ1) is 11.4. The molecule has 116 valence electrons. The zero-order valence-electron chi connectivity index (χ0n) is 13.5. The van der Waals surface area contributed by atoms with Gasteiger partial charge in [0.2, 0.25) is 0 Å². The molecule has 23 heavy (non-hydrogen) atoms. The fourth-order valence-electron chi connectivity index (χ4n) is 5.13. The summed E-state index contributed by atoms with van der Waals surface area (Å²) in [5, 5.41) is 3.88. The second-order valence-electron chi connectivity index (χ2n) is 7.29. The Balaban J connectivity index is 1.65. The van der Waals surface area contributed by atoms with Crippen LogP contribution in [0.15, 0.2) is 65.7 Å². The summed E-state index contributed by atoms with van der Waals surface area (Å²) >= 11 is 0. The average Bonchev–Trinajstić information content (AvgIpc) is 2.98. The van der Waals surface area contributed by atoms with Crippen molar-refractivity contribution in [2.24, 2.45) is 0 Å². The van der Waals surface area contributed by atoms with Crippen LogP contribution >= 0.6 is 0 Å². The second-order valence-corrected chi connectivity index (χ2v) is 7.29. The van der Waals surface area contributed by atoms with Gasteiger partial charge in [0, 0.05) is 23.6 Å². The zero-order valence-corrected chi connectivity index (χ0v) is 13.5. The van der Waals surface area contributed by atoms with Gasteiger partial charge < -0.3 is 5.32 Å². The number of allylic oxidation sites excluding steroid dienone is 1. The van der Waals surface area contributed by atoms with Gasteiger partial charge in [0.25, 0.3) is 0 Å². The van der Waals surface area contributed by atoms with Crippen LogP contribution in [0.25, 0.3) is 0 Å². The lowest BCUT2D eigenvalue weighted by Gasteiger charge is -2.40. The Kier molecular flexibility index (Phi) is 3.07. The van der Waals surface area contributed by atoms with Gasteiger partial charge in [-0.3, -0.25) is 0 Å². The Bertz CT molecular complexity index is 759. The van der Waals surface area contributed by atoms with Gasteiger partial charge in [0.1, 0.15) is 0 Å². The van der Waals surface area contributed by atoms with E-state index in [1.165, 1.54) is 48.9 Å². The van der Waals surface area contributed by atoms with Crippen LogP contribution in [0.4, 0.5) is 5.69 Å². The highest BCUT2D eigenvalue weighted by Gasteiger charge is 2.44. The van der Waals surface area contributed by atoms with E-state index in [0.29, 0.717) is 17.9 Å². The van der Waals surface area contributed by atoms with Crippen molar-refractivity contribution in [2.75, 3.05) is 5.32 Å². The molecule has 3 atom stereocenters. The molecule has 0 fully saturated rings. The van der Waals surface area contributed by atoms with E-state index in [4.69, 9.17) is 0 Å². The van der Waals surface area contributed by atoms with E-state index in [1.807, 2.05) is 0 Å². The Hall–Kier alpha value is -2.02. The predicted molar refractivity (Wildman–Crippen MR) is 95.9 cm³/mol. The third kappa shape index (κ3) is 2.06. The van der Waals surface area contributed by atoms with Gasteiger partial charge >= 0.3 is 0 Å². The first-order valence-electron chi connectivity index (χ1n) is 9.03. The molecule has 1 N–H and O–H groups in total. The van der Waals surface area contributed by atoms with Gasteiger partial charge in [-0.15, -0.1) is 0 Å². The minimum Gasteiger partial charge on any atom is -0.381 e. The second kappa shape index (κ2) is 5.26. The third-order valence-electron chi connectivity index (χ3n) is 6.10. The van der Waals surface area contributed by atoms with Crippen molar-refractivity contribution >= 4 is 5.69 Å². The van der Waals surface area contributed by atoms with E-state index in [-0.39, 0.29) is 0 Å². The number of anilines is 1. The molecule has 1 nitrogen and oxygen atoms in total. The minimum absolute atomic E-state index is 0.534. The van der Waals surface area contributed by atoms with Crippen LogP contribution in [-0.4, -0.2) is 6.04 Å². The molecule has 0 amide bonds. The van der Waals surface area contributed by atoms with E-state index in [0.717, 1.165) is 0 Å². The summed E-state index contributed by atoms with van der Waals surface area (Å²) in [6.45, 7) is 0. The smallest absolute Gasteiger partial charge is 0.0439 e. The highest BCUT2D eigenvalue weighted by molar-refractivity contribution is 5.63. The largest absolute Gasteiger partial charge is 0.381 e. The van der Waals surface area contributed by atoms with Crippen molar-refractivity contribution in [3.8, 4) is 0 Å². The van der Waals surface area contributed by atoms with E-state index in [9.17, 15) is 0 Å². The van der Waals surface area contributed by atoms with Gasteiger partial charge in [0.05, 0.1) is 0 Å². The van der Waals surface area contributed by atoms with Crippen LogP contribution in [0.3, 0.4) is 0 Å². The summed E-state index contributed by atoms with van der Waals surface area (Å²) in [6, 6.07) is 20.7. The molecule has 0 saturated carbocycles. The average molecular weight is 301 g/mol. The third-order valence-corrected chi connectivity index (χ3v) is 6.10. The molecule has 2 aliphatic carbocycles. The molecule has 3 aliphatic rings. The quantitative estimate of drug-likeness (QED) is 0.674. The number of hydrogen-bond acceptors (Lipinski definition) is 1. The number of rotatable bonds is 1. The molecule has 5 rings (SSSR count). The van der Waals surface area contributed by atoms with E-state index in [1.54, 1.807) is 11.1 Å². The first kappa shape index (κ1) is 13.4. The van der Waals surface area contributed by atoms with Crippen molar-refractivity contribution in [1.82, 2.24) is 0 Å². The van der Waals surface area contributed by atoms with Crippen molar-refractivity contribution in [3.05, 3.63) is 76.9 Å². The molecule has 0 radical (unpaired) electrons. The summed E-state index contributed by atoms with van der Waals surface area (Å²) in [5.41, 5.74) is 7.92.